The third kappa shape index (κ3) is 3.61. The first-order valence-corrected chi connectivity index (χ1v) is 8.82. The maximum atomic E-state index is 14.0. The van der Waals surface area contributed by atoms with E-state index in [9.17, 15) is 19.1 Å². The van der Waals surface area contributed by atoms with Gasteiger partial charge < -0.3 is 10.4 Å². The molecule has 1 aliphatic rings. The Morgan fingerprint density at radius 3 is 2.69 bits per heavy atom. The summed E-state index contributed by atoms with van der Waals surface area (Å²) in [5, 5.41) is 16.4. The summed E-state index contributed by atoms with van der Waals surface area (Å²) in [4.78, 5) is 24.2. The molecule has 2 aromatic rings. The molecule has 1 aromatic heterocycles. The molecule has 7 heteroatoms. The predicted octanol–water partition coefficient (Wildman–Crippen LogP) is 3.08. The van der Waals surface area contributed by atoms with Crippen molar-refractivity contribution in [2.75, 3.05) is 0 Å². The number of nitrogens with one attached hydrogen (secondary N) is 1. The van der Waals surface area contributed by atoms with Gasteiger partial charge in [-0.2, -0.15) is 5.10 Å². The standard InChI is InChI=1S/C19H22FN3O3/c1-12-14(11-21-23(12)17-10-6-5-8-15(17)20)18(24)22-16-9-4-2-3-7-13(16)19(25)26/h5-6,8,10-11,13,16H,2-4,7,9H2,1H3,(H,22,24)(H,25,26)/t13-,16+/m1/s1. The van der Waals surface area contributed by atoms with Crippen LogP contribution in [0.2, 0.25) is 0 Å². The van der Waals surface area contributed by atoms with Crippen molar-refractivity contribution in [2.24, 2.45) is 5.92 Å². The van der Waals surface area contributed by atoms with Gasteiger partial charge in [-0.3, -0.25) is 9.59 Å². The van der Waals surface area contributed by atoms with E-state index in [0.29, 0.717) is 24.1 Å². The lowest BCUT2D eigenvalue weighted by molar-refractivity contribution is -0.142. The van der Waals surface area contributed by atoms with Crippen molar-refractivity contribution in [1.29, 1.82) is 0 Å². The molecule has 0 radical (unpaired) electrons. The molecule has 2 N–H and O–H groups in total. The molecule has 0 aliphatic heterocycles. The summed E-state index contributed by atoms with van der Waals surface area (Å²) in [6.45, 7) is 1.69. The van der Waals surface area contributed by atoms with Gasteiger partial charge in [0.05, 0.1) is 23.4 Å². The van der Waals surface area contributed by atoms with Gasteiger partial charge in [0.2, 0.25) is 0 Å². The normalized spacial score (nSPS) is 20.4. The number of aromatic nitrogens is 2. The Morgan fingerprint density at radius 2 is 1.96 bits per heavy atom. The van der Waals surface area contributed by atoms with Crippen LogP contribution in [-0.2, 0) is 4.79 Å². The fourth-order valence-corrected chi connectivity index (χ4v) is 3.52. The molecule has 0 unspecified atom stereocenters. The molecule has 0 bridgehead atoms. The van der Waals surface area contributed by atoms with Gasteiger partial charge >= 0.3 is 5.97 Å². The van der Waals surface area contributed by atoms with Crippen molar-refractivity contribution in [1.82, 2.24) is 15.1 Å². The fourth-order valence-electron chi connectivity index (χ4n) is 3.52. The number of nitrogens with zero attached hydrogens (tertiary/aromatic N) is 2. The zero-order valence-electron chi connectivity index (χ0n) is 14.6. The summed E-state index contributed by atoms with van der Waals surface area (Å²) in [6, 6.07) is 5.80. The molecule has 138 valence electrons. The lowest BCUT2D eigenvalue weighted by atomic mass is 9.94. The van der Waals surface area contributed by atoms with Crippen LogP contribution in [-0.4, -0.2) is 32.8 Å². The molecular weight excluding hydrogens is 337 g/mol. The third-order valence-electron chi connectivity index (χ3n) is 4.98. The minimum Gasteiger partial charge on any atom is -0.481 e. The van der Waals surface area contributed by atoms with Crippen molar-refractivity contribution >= 4 is 11.9 Å². The van der Waals surface area contributed by atoms with E-state index in [4.69, 9.17) is 0 Å². The molecule has 1 aromatic carbocycles. The Balaban J connectivity index is 1.82. The van der Waals surface area contributed by atoms with Crippen LogP contribution in [0.3, 0.4) is 0 Å². The van der Waals surface area contributed by atoms with Gasteiger partial charge in [-0.15, -0.1) is 0 Å². The first-order chi connectivity index (χ1) is 12.5. The Labute approximate surface area is 151 Å². The van der Waals surface area contributed by atoms with Crippen LogP contribution in [0.5, 0.6) is 0 Å². The van der Waals surface area contributed by atoms with Crippen LogP contribution in [0, 0.1) is 18.7 Å². The van der Waals surface area contributed by atoms with Crippen LogP contribution in [0.15, 0.2) is 30.5 Å². The van der Waals surface area contributed by atoms with Crippen LogP contribution in [0.25, 0.3) is 5.69 Å². The highest BCUT2D eigenvalue weighted by Crippen LogP contribution is 2.25. The number of carbonyl (C=O) groups is 2. The van der Waals surface area contributed by atoms with E-state index in [-0.39, 0.29) is 11.6 Å². The summed E-state index contributed by atoms with van der Waals surface area (Å²) < 4.78 is 15.4. The van der Waals surface area contributed by atoms with Gasteiger partial charge in [0.1, 0.15) is 11.5 Å². The van der Waals surface area contributed by atoms with Gasteiger partial charge in [0.15, 0.2) is 0 Å². The number of carboxylic acids is 1. The topological polar surface area (TPSA) is 84.2 Å². The maximum Gasteiger partial charge on any atom is 0.308 e. The second-order valence-corrected chi connectivity index (χ2v) is 6.67. The summed E-state index contributed by atoms with van der Waals surface area (Å²) >= 11 is 0. The Kier molecular flexibility index (Phi) is 5.35. The molecule has 1 amide bonds. The fraction of sp³-hybridized carbons (Fsp3) is 0.421. The van der Waals surface area contributed by atoms with Crippen molar-refractivity contribution in [2.45, 2.75) is 45.1 Å². The minimum absolute atomic E-state index is 0.266. The van der Waals surface area contributed by atoms with Crippen molar-refractivity contribution < 1.29 is 19.1 Å². The van der Waals surface area contributed by atoms with E-state index < -0.39 is 23.7 Å². The maximum absolute atomic E-state index is 14.0. The van der Waals surface area contributed by atoms with Crippen LogP contribution < -0.4 is 5.32 Å². The first kappa shape index (κ1) is 18.1. The van der Waals surface area contributed by atoms with Crippen molar-refractivity contribution in [3.63, 3.8) is 0 Å². The third-order valence-corrected chi connectivity index (χ3v) is 4.98. The number of rotatable bonds is 4. The zero-order chi connectivity index (χ0) is 18.7. The van der Waals surface area contributed by atoms with E-state index in [1.807, 2.05) is 0 Å². The smallest absolute Gasteiger partial charge is 0.308 e. The van der Waals surface area contributed by atoms with Gasteiger partial charge in [0.25, 0.3) is 5.91 Å². The Hall–Kier alpha value is -2.70. The van der Waals surface area contributed by atoms with Crippen molar-refractivity contribution in [3.8, 4) is 5.69 Å². The first-order valence-electron chi connectivity index (χ1n) is 8.82. The average Bonchev–Trinajstić information content (AvgIpc) is 2.83. The minimum atomic E-state index is -0.879. The number of carbonyl (C=O) groups excluding carboxylic acids is 1. The summed E-state index contributed by atoms with van der Waals surface area (Å²) in [5.41, 5.74) is 1.09. The molecule has 1 heterocycles. The average molecular weight is 359 g/mol. The number of halogens is 1. The number of carboxylic acid groups (broad SMARTS) is 1. The van der Waals surface area contributed by atoms with Gasteiger partial charge in [-0.25, -0.2) is 9.07 Å². The summed E-state index contributed by atoms with van der Waals surface area (Å²) in [6.07, 6.45) is 5.32. The van der Waals surface area contributed by atoms with E-state index in [2.05, 4.69) is 10.4 Å². The molecule has 0 spiro atoms. The predicted molar refractivity (Wildman–Crippen MR) is 93.7 cm³/mol. The molecule has 6 nitrogen and oxygen atoms in total. The zero-order valence-corrected chi connectivity index (χ0v) is 14.6. The largest absolute Gasteiger partial charge is 0.481 e. The second kappa shape index (κ2) is 7.68. The van der Waals surface area contributed by atoms with Gasteiger partial charge in [-0.1, -0.05) is 31.4 Å². The number of benzene rings is 1. The highest BCUT2D eigenvalue weighted by atomic mass is 19.1. The van der Waals surface area contributed by atoms with E-state index in [1.165, 1.54) is 16.9 Å². The van der Waals surface area contributed by atoms with Crippen LogP contribution in [0.4, 0.5) is 4.39 Å². The van der Waals surface area contributed by atoms with Crippen LogP contribution in [0.1, 0.15) is 48.2 Å². The van der Waals surface area contributed by atoms with E-state index in [0.717, 1.165) is 19.3 Å². The SMILES string of the molecule is Cc1c(C(=O)N[C@H]2CCCCC[C@H]2C(=O)O)cnn1-c1ccccc1F. The highest BCUT2D eigenvalue weighted by molar-refractivity contribution is 5.95. The number of amides is 1. The highest BCUT2D eigenvalue weighted by Gasteiger charge is 2.31. The number of aliphatic carboxylic acids is 1. The molecule has 2 atom stereocenters. The molecule has 1 aliphatic carbocycles. The molecule has 1 fully saturated rings. The molecule has 1 saturated carbocycles. The second-order valence-electron chi connectivity index (χ2n) is 6.67. The number of para-hydroxylation sites is 1. The number of hydrogen-bond donors (Lipinski definition) is 2. The lowest BCUT2D eigenvalue weighted by Crippen LogP contribution is -2.43. The quantitative estimate of drug-likeness (QED) is 0.822. The number of hydrogen-bond acceptors (Lipinski definition) is 3. The van der Waals surface area contributed by atoms with E-state index in [1.54, 1.807) is 25.1 Å². The molecular formula is C19H22FN3O3. The van der Waals surface area contributed by atoms with Gasteiger partial charge in [0, 0.05) is 6.04 Å². The Bertz CT molecular complexity index is 818. The van der Waals surface area contributed by atoms with Gasteiger partial charge in [-0.05, 0) is 31.9 Å². The summed E-state index contributed by atoms with van der Waals surface area (Å²) in [7, 11) is 0. The van der Waals surface area contributed by atoms with E-state index >= 15 is 0 Å². The lowest BCUT2D eigenvalue weighted by Gasteiger charge is -2.22. The van der Waals surface area contributed by atoms with Crippen LogP contribution >= 0.6 is 0 Å². The van der Waals surface area contributed by atoms with Crippen molar-refractivity contribution in [3.05, 3.63) is 47.5 Å². The molecule has 26 heavy (non-hydrogen) atoms. The monoisotopic (exact) mass is 359 g/mol. The Morgan fingerprint density at radius 1 is 1.23 bits per heavy atom. The summed E-state index contributed by atoms with van der Waals surface area (Å²) in [5.74, 6) is -2.26. The molecule has 3 rings (SSSR count). The molecule has 0 saturated heterocycles.